The van der Waals surface area contributed by atoms with Crippen LogP contribution in [-0.4, -0.2) is 8.42 Å². The molecule has 0 spiro atoms. The van der Waals surface area contributed by atoms with E-state index in [1.807, 2.05) is 0 Å². The van der Waals surface area contributed by atoms with E-state index >= 15 is 0 Å². The second kappa shape index (κ2) is 3.27. The average molecular weight is 208 g/mol. The third-order valence-electron chi connectivity index (χ3n) is 1.18. The third-order valence-corrected chi connectivity index (χ3v) is 1.69. The van der Waals surface area contributed by atoms with Crippen molar-refractivity contribution in [1.29, 1.82) is 0 Å². The van der Waals surface area contributed by atoms with Crippen molar-refractivity contribution in [3.63, 3.8) is 0 Å². The van der Waals surface area contributed by atoms with Crippen molar-refractivity contribution in [3.8, 4) is 0 Å². The van der Waals surface area contributed by atoms with E-state index in [1.165, 1.54) is 0 Å². The van der Waals surface area contributed by atoms with Gasteiger partial charge in [-0.2, -0.15) is 8.42 Å². The number of rotatable bonds is 2. The zero-order chi connectivity index (χ0) is 10.1. The molecule has 1 aromatic rings. The summed E-state index contributed by atoms with van der Waals surface area (Å²) in [6.07, 6.45) is 0. The molecule has 0 aliphatic rings. The van der Waals surface area contributed by atoms with Crippen LogP contribution in [0.3, 0.4) is 0 Å². The molecule has 0 radical (unpaired) electrons. The summed E-state index contributed by atoms with van der Waals surface area (Å²) in [7, 11) is -4.02. The molecule has 1 aromatic carbocycles. The highest BCUT2D eigenvalue weighted by molar-refractivity contribution is 7.90. The van der Waals surface area contributed by atoms with Gasteiger partial charge in [0.2, 0.25) is 0 Å². The molecule has 0 bridgehead atoms. The number of benzene rings is 1. The summed E-state index contributed by atoms with van der Waals surface area (Å²) >= 11 is 0. The van der Waals surface area contributed by atoms with Crippen molar-refractivity contribution in [2.45, 2.75) is 0 Å². The Morgan fingerprint density at radius 1 is 1.31 bits per heavy atom. The largest absolute Gasteiger partial charge is 0.296 e. The van der Waals surface area contributed by atoms with E-state index in [0.717, 1.165) is 12.1 Å². The van der Waals surface area contributed by atoms with Crippen LogP contribution in [0.1, 0.15) is 0 Å². The first-order valence-corrected chi connectivity index (χ1v) is 4.69. The topological polar surface area (TPSA) is 72.2 Å². The van der Waals surface area contributed by atoms with Crippen LogP contribution in [0, 0.1) is 11.6 Å². The second-order valence-corrected chi connectivity index (χ2v) is 3.57. The van der Waals surface area contributed by atoms with Crippen molar-refractivity contribution < 1.29 is 17.2 Å². The lowest BCUT2D eigenvalue weighted by Gasteiger charge is -2.03. The van der Waals surface area contributed by atoms with Crippen LogP contribution in [0.15, 0.2) is 18.2 Å². The lowest BCUT2D eigenvalue weighted by molar-refractivity contribution is 0.583. The number of hydrogen-bond acceptors (Lipinski definition) is 2. The van der Waals surface area contributed by atoms with Gasteiger partial charge in [0.25, 0.3) is 10.2 Å². The highest BCUT2D eigenvalue weighted by Gasteiger charge is 2.07. The van der Waals surface area contributed by atoms with Crippen LogP contribution in [0.2, 0.25) is 0 Å². The summed E-state index contributed by atoms with van der Waals surface area (Å²) in [5.41, 5.74) is -0.385. The van der Waals surface area contributed by atoms with Gasteiger partial charge in [-0.05, 0) is 12.1 Å². The zero-order valence-corrected chi connectivity index (χ0v) is 7.11. The quantitative estimate of drug-likeness (QED) is 0.746. The van der Waals surface area contributed by atoms with E-state index in [9.17, 15) is 17.2 Å². The Labute approximate surface area is 73.5 Å². The summed E-state index contributed by atoms with van der Waals surface area (Å²) in [5, 5.41) is 4.58. The van der Waals surface area contributed by atoms with Crippen molar-refractivity contribution in [2.24, 2.45) is 5.14 Å². The van der Waals surface area contributed by atoms with E-state index in [4.69, 9.17) is 0 Å². The maximum absolute atomic E-state index is 12.8. The normalized spacial score (nSPS) is 11.3. The maximum atomic E-state index is 12.8. The average Bonchev–Trinajstić information content (AvgIpc) is 1.93. The minimum atomic E-state index is -4.02. The highest BCUT2D eigenvalue weighted by Crippen LogP contribution is 2.15. The third kappa shape index (κ3) is 2.96. The summed E-state index contributed by atoms with van der Waals surface area (Å²) in [6, 6.07) is 2.40. The summed E-state index contributed by atoms with van der Waals surface area (Å²) in [5.74, 6) is -1.81. The fraction of sp³-hybridized carbons (Fsp3) is 0. The molecular weight excluding hydrogens is 202 g/mol. The zero-order valence-electron chi connectivity index (χ0n) is 6.29. The van der Waals surface area contributed by atoms with Gasteiger partial charge < -0.3 is 0 Å². The first kappa shape index (κ1) is 9.87. The number of nitrogens with two attached hydrogens (primary N) is 1. The summed E-state index contributed by atoms with van der Waals surface area (Å²) < 4.78 is 47.7. The predicted octanol–water partition coefficient (Wildman–Crippen LogP) is 0.580. The second-order valence-electron chi connectivity index (χ2n) is 2.27. The fourth-order valence-electron chi connectivity index (χ4n) is 0.726. The summed E-state index contributed by atoms with van der Waals surface area (Å²) in [4.78, 5) is 0. The van der Waals surface area contributed by atoms with Crippen LogP contribution in [0.4, 0.5) is 14.5 Å². The van der Waals surface area contributed by atoms with E-state index < -0.39 is 21.8 Å². The monoisotopic (exact) mass is 208 g/mol. The molecule has 0 atom stereocenters. The minimum absolute atomic E-state index is 0.385. The number of anilines is 1. The van der Waals surface area contributed by atoms with E-state index in [0.29, 0.717) is 6.07 Å². The molecule has 0 fully saturated rings. The molecule has 0 aromatic heterocycles. The molecule has 7 heteroatoms. The van der Waals surface area contributed by atoms with Gasteiger partial charge in [-0.25, -0.2) is 13.9 Å². The van der Waals surface area contributed by atoms with Gasteiger partial charge in [-0.1, -0.05) is 0 Å². The van der Waals surface area contributed by atoms with Crippen molar-refractivity contribution in [3.05, 3.63) is 29.8 Å². The molecule has 0 saturated carbocycles. The molecule has 0 aliphatic carbocycles. The molecule has 13 heavy (non-hydrogen) atoms. The van der Waals surface area contributed by atoms with Gasteiger partial charge >= 0.3 is 0 Å². The Bertz CT molecular complexity index is 419. The molecule has 0 saturated heterocycles. The molecule has 4 nitrogen and oxygen atoms in total. The van der Waals surface area contributed by atoms with Crippen LogP contribution >= 0.6 is 0 Å². The van der Waals surface area contributed by atoms with Crippen molar-refractivity contribution >= 4 is 15.9 Å². The standard InChI is InChI=1S/C6H6F2N2O2S/c7-4-1-2-6(5(8)3-4)10-13(9,11)12/h1-3,10H,(H2,9,11,12). The minimum Gasteiger partial charge on any atom is -0.268 e. The van der Waals surface area contributed by atoms with Gasteiger partial charge in [0, 0.05) is 6.07 Å². The van der Waals surface area contributed by atoms with Crippen LogP contribution in [0.25, 0.3) is 0 Å². The molecule has 0 heterocycles. The molecule has 3 N–H and O–H groups in total. The number of hydrogen-bond donors (Lipinski definition) is 2. The fourth-order valence-corrected chi connectivity index (χ4v) is 1.20. The van der Waals surface area contributed by atoms with Crippen molar-refractivity contribution in [1.82, 2.24) is 0 Å². The van der Waals surface area contributed by atoms with Gasteiger partial charge in [0.05, 0.1) is 5.69 Å². The first-order chi connectivity index (χ1) is 5.88. The van der Waals surface area contributed by atoms with Crippen molar-refractivity contribution in [2.75, 3.05) is 4.72 Å². The Balaban J connectivity index is 3.04. The molecule has 1 rings (SSSR count). The van der Waals surface area contributed by atoms with Crippen LogP contribution < -0.4 is 9.86 Å². The maximum Gasteiger partial charge on any atom is 0.296 e. The van der Waals surface area contributed by atoms with E-state index in [-0.39, 0.29) is 5.69 Å². The first-order valence-electron chi connectivity index (χ1n) is 3.14. The molecular formula is C6H6F2N2O2S. The van der Waals surface area contributed by atoms with E-state index in [2.05, 4.69) is 5.14 Å². The molecule has 72 valence electrons. The Kier molecular flexibility index (Phi) is 2.48. The van der Waals surface area contributed by atoms with Gasteiger partial charge in [-0.15, -0.1) is 0 Å². The van der Waals surface area contributed by atoms with Gasteiger partial charge in [0.15, 0.2) is 0 Å². The van der Waals surface area contributed by atoms with Gasteiger partial charge in [-0.3, -0.25) is 4.72 Å². The smallest absolute Gasteiger partial charge is 0.268 e. The van der Waals surface area contributed by atoms with Crippen LogP contribution in [-0.2, 0) is 10.2 Å². The predicted molar refractivity (Wildman–Crippen MR) is 43.1 cm³/mol. The molecule has 0 unspecified atom stereocenters. The summed E-state index contributed by atoms with van der Waals surface area (Å²) in [6.45, 7) is 0. The Morgan fingerprint density at radius 3 is 2.38 bits per heavy atom. The molecule has 0 amide bonds. The molecule has 0 aliphatic heterocycles. The number of halogens is 2. The highest BCUT2D eigenvalue weighted by atomic mass is 32.2. The SMILES string of the molecule is NS(=O)(=O)Nc1ccc(F)cc1F. The van der Waals surface area contributed by atoms with Crippen LogP contribution in [0.5, 0.6) is 0 Å². The van der Waals surface area contributed by atoms with E-state index in [1.54, 1.807) is 4.72 Å². The lowest BCUT2D eigenvalue weighted by Crippen LogP contribution is -2.22. The number of nitrogens with one attached hydrogen (secondary N) is 1. The lowest BCUT2D eigenvalue weighted by atomic mass is 10.3. The Hall–Kier alpha value is -1.21. The Morgan fingerprint density at radius 2 is 1.92 bits per heavy atom. The van der Waals surface area contributed by atoms with Gasteiger partial charge in [0.1, 0.15) is 11.6 Å².